The van der Waals surface area contributed by atoms with E-state index in [0.717, 1.165) is 35.4 Å². The van der Waals surface area contributed by atoms with E-state index >= 15 is 0 Å². The summed E-state index contributed by atoms with van der Waals surface area (Å²) < 4.78 is 11.1. The molecule has 2 aliphatic rings. The quantitative estimate of drug-likeness (QED) is 0.877. The number of carbonyl (C=O) groups is 1. The Morgan fingerprint density at radius 2 is 1.71 bits per heavy atom. The standard InChI is InChI=1S/C23H26N2O3/c1-24-23(26)15-10-8-14(9-11-15)22-18-13-21(28-3)20(27-2)12-17(18)16-6-4-5-7-19(16)25-22/h8-13,16,19H,4-7H2,1-3H3,(H,24,26)/t16-,19-/m0/s1. The van der Waals surface area contributed by atoms with Crippen LogP contribution in [0.5, 0.6) is 11.5 Å². The molecule has 5 nitrogen and oxygen atoms in total. The average Bonchev–Trinajstić information content (AvgIpc) is 2.77. The Morgan fingerprint density at radius 1 is 1.04 bits per heavy atom. The van der Waals surface area contributed by atoms with E-state index in [1.807, 2.05) is 30.3 Å². The van der Waals surface area contributed by atoms with Crippen LogP contribution in [0.3, 0.4) is 0 Å². The van der Waals surface area contributed by atoms with Gasteiger partial charge in [-0.05, 0) is 42.7 Å². The first kappa shape index (κ1) is 18.5. The number of rotatable bonds is 4. The van der Waals surface area contributed by atoms with Gasteiger partial charge in [0, 0.05) is 29.7 Å². The number of carbonyl (C=O) groups excluding carboxylic acids is 1. The summed E-state index contributed by atoms with van der Waals surface area (Å²) in [6.07, 6.45) is 4.72. The average molecular weight is 378 g/mol. The predicted molar refractivity (Wildman–Crippen MR) is 110 cm³/mol. The van der Waals surface area contributed by atoms with Crippen molar-refractivity contribution in [2.24, 2.45) is 4.99 Å². The lowest BCUT2D eigenvalue weighted by molar-refractivity contribution is 0.0963. The summed E-state index contributed by atoms with van der Waals surface area (Å²) in [7, 11) is 4.98. The molecule has 1 fully saturated rings. The van der Waals surface area contributed by atoms with Crippen LogP contribution in [0, 0.1) is 0 Å². The van der Waals surface area contributed by atoms with E-state index < -0.39 is 0 Å². The third-order valence-electron chi connectivity index (χ3n) is 5.88. The molecule has 2 atom stereocenters. The first-order valence-electron chi connectivity index (χ1n) is 9.83. The molecule has 2 aromatic rings. The van der Waals surface area contributed by atoms with E-state index in [2.05, 4.69) is 11.4 Å². The molecule has 0 aromatic heterocycles. The number of fused-ring (bicyclic) bond motifs is 3. The van der Waals surface area contributed by atoms with Gasteiger partial charge < -0.3 is 14.8 Å². The van der Waals surface area contributed by atoms with Crippen LogP contribution < -0.4 is 14.8 Å². The summed E-state index contributed by atoms with van der Waals surface area (Å²) in [5.74, 6) is 1.82. The van der Waals surface area contributed by atoms with Crippen molar-refractivity contribution in [2.45, 2.75) is 37.6 Å². The summed E-state index contributed by atoms with van der Waals surface area (Å²) in [5.41, 5.74) is 5.04. The highest BCUT2D eigenvalue weighted by atomic mass is 16.5. The number of methoxy groups -OCH3 is 2. The fourth-order valence-electron chi connectivity index (χ4n) is 4.42. The Bertz CT molecular complexity index is 918. The zero-order chi connectivity index (χ0) is 19.7. The van der Waals surface area contributed by atoms with Crippen LogP contribution in [0.4, 0.5) is 0 Å². The highest BCUT2D eigenvalue weighted by Crippen LogP contribution is 2.44. The van der Waals surface area contributed by atoms with Gasteiger partial charge in [-0.2, -0.15) is 0 Å². The number of hydrogen-bond donors (Lipinski definition) is 1. The molecule has 0 spiro atoms. The number of hydrogen-bond acceptors (Lipinski definition) is 4. The molecule has 1 saturated carbocycles. The molecule has 5 heteroatoms. The van der Waals surface area contributed by atoms with Crippen LogP contribution in [-0.2, 0) is 0 Å². The van der Waals surface area contributed by atoms with Crippen molar-refractivity contribution in [3.8, 4) is 11.5 Å². The number of amides is 1. The topological polar surface area (TPSA) is 59.9 Å². The molecule has 0 unspecified atom stereocenters. The van der Waals surface area contributed by atoms with Gasteiger partial charge in [-0.3, -0.25) is 9.79 Å². The van der Waals surface area contributed by atoms with Crippen LogP contribution in [-0.4, -0.2) is 38.9 Å². The van der Waals surface area contributed by atoms with Gasteiger partial charge in [0.1, 0.15) is 0 Å². The minimum atomic E-state index is -0.0868. The highest BCUT2D eigenvalue weighted by molar-refractivity contribution is 6.15. The zero-order valence-corrected chi connectivity index (χ0v) is 16.6. The van der Waals surface area contributed by atoms with E-state index in [1.54, 1.807) is 21.3 Å². The van der Waals surface area contributed by atoms with Gasteiger partial charge in [0.15, 0.2) is 11.5 Å². The van der Waals surface area contributed by atoms with Crippen molar-refractivity contribution < 1.29 is 14.3 Å². The van der Waals surface area contributed by atoms with Crippen molar-refractivity contribution in [2.75, 3.05) is 21.3 Å². The molecule has 1 N–H and O–H groups in total. The summed E-state index contributed by atoms with van der Waals surface area (Å²) in [6.45, 7) is 0. The molecule has 2 aromatic carbocycles. The van der Waals surface area contributed by atoms with Gasteiger partial charge >= 0.3 is 0 Å². The molecule has 1 aliphatic heterocycles. The summed E-state index contributed by atoms with van der Waals surface area (Å²) in [4.78, 5) is 17.0. The minimum absolute atomic E-state index is 0.0868. The van der Waals surface area contributed by atoms with Crippen molar-refractivity contribution in [3.63, 3.8) is 0 Å². The maximum atomic E-state index is 11.9. The van der Waals surface area contributed by atoms with Crippen molar-refractivity contribution >= 4 is 11.6 Å². The Hall–Kier alpha value is -2.82. The summed E-state index contributed by atoms with van der Waals surface area (Å²) in [5, 5.41) is 2.66. The third-order valence-corrected chi connectivity index (χ3v) is 5.88. The molecular weight excluding hydrogens is 352 g/mol. The smallest absolute Gasteiger partial charge is 0.251 e. The van der Waals surface area contributed by atoms with Gasteiger partial charge in [-0.25, -0.2) is 0 Å². The molecule has 1 amide bonds. The normalized spacial score (nSPS) is 20.5. The number of benzene rings is 2. The van der Waals surface area contributed by atoms with E-state index in [4.69, 9.17) is 14.5 Å². The largest absolute Gasteiger partial charge is 0.493 e. The maximum absolute atomic E-state index is 11.9. The number of aliphatic imine (C=N–C) groups is 1. The van der Waals surface area contributed by atoms with Crippen LogP contribution in [0.2, 0.25) is 0 Å². The summed E-state index contributed by atoms with van der Waals surface area (Å²) in [6, 6.07) is 12.1. The predicted octanol–water partition coefficient (Wildman–Crippen LogP) is 3.94. The van der Waals surface area contributed by atoms with E-state index in [-0.39, 0.29) is 5.91 Å². The summed E-state index contributed by atoms with van der Waals surface area (Å²) >= 11 is 0. The fourth-order valence-corrected chi connectivity index (χ4v) is 4.42. The zero-order valence-electron chi connectivity index (χ0n) is 16.6. The molecule has 146 valence electrons. The number of ether oxygens (including phenoxy) is 2. The molecule has 4 rings (SSSR count). The first-order chi connectivity index (χ1) is 13.7. The molecule has 1 aliphatic carbocycles. The van der Waals surface area contributed by atoms with E-state index in [1.165, 1.54) is 18.4 Å². The molecule has 0 radical (unpaired) electrons. The second-order valence-electron chi connectivity index (χ2n) is 7.39. The molecular formula is C23H26N2O3. The Morgan fingerprint density at radius 3 is 2.39 bits per heavy atom. The van der Waals surface area contributed by atoms with Crippen molar-refractivity contribution in [3.05, 3.63) is 58.7 Å². The SMILES string of the molecule is CNC(=O)c1ccc(C2=N[C@H]3CCCC[C@H]3c3cc(OC)c(OC)cc32)cc1. The number of nitrogens with zero attached hydrogens (tertiary/aromatic N) is 1. The van der Waals surface area contributed by atoms with Crippen LogP contribution in [0.15, 0.2) is 41.4 Å². The number of nitrogens with one attached hydrogen (secondary N) is 1. The Balaban J connectivity index is 1.83. The van der Waals surface area contributed by atoms with Gasteiger partial charge in [0.05, 0.1) is 26.0 Å². The minimum Gasteiger partial charge on any atom is -0.493 e. The van der Waals surface area contributed by atoms with Crippen LogP contribution in [0.1, 0.15) is 58.6 Å². The third kappa shape index (κ3) is 3.15. The second-order valence-corrected chi connectivity index (χ2v) is 7.39. The van der Waals surface area contributed by atoms with Crippen molar-refractivity contribution in [1.29, 1.82) is 0 Å². The van der Waals surface area contributed by atoms with E-state index in [9.17, 15) is 4.79 Å². The van der Waals surface area contributed by atoms with Gasteiger partial charge in [-0.15, -0.1) is 0 Å². The fraction of sp³-hybridized carbons (Fsp3) is 0.391. The van der Waals surface area contributed by atoms with Gasteiger partial charge in [0.2, 0.25) is 0 Å². The van der Waals surface area contributed by atoms with Gasteiger partial charge in [0.25, 0.3) is 5.91 Å². The lowest BCUT2D eigenvalue weighted by atomic mass is 9.75. The Kier molecular flexibility index (Phi) is 5.07. The molecule has 1 heterocycles. The Labute approximate surface area is 165 Å². The van der Waals surface area contributed by atoms with Crippen molar-refractivity contribution in [1.82, 2.24) is 5.32 Å². The molecule has 0 bridgehead atoms. The first-order valence-corrected chi connectivity index (χ1v) is 9.83. The highest BCUT2D eigenvalue weighted by Gasteiger charge is 2.34. The second kappa shape index (κ2) is 7.66. The lowest BCUT2D eigenvalue weighted by Gasteiger charge is -2.35. The maximum Gasteiger partial charge on any atom is 0.251 e. The molecule has 0 saturated heterocycles. The lowest BCUT2D eigenvalue weighted by Crippen LogP contribution is -2.29. The molecule has 28 heavy (non-hydrogen) atoms. The van der Waals surface area contributed by atoms with Crippen LogP contribution in [0.25, 0.3) is 0 Å². The van der Waals surface area contributed by atoms with Gasteiger partial charge in [-0.1, -0.05) is 25.0 Å². The van der Waals surface area contributed by atoms with E-state index in [0.29, 0.717) is 23.3 Å². The monoisotopic (exact) mass is 378 g/mol. The van der Waals surface area contributed by atoms with Crippen LogP contribution >= 0.6 is 0 Å².